The lowest BCUT2D eigenvalue weighted by Gasteiger charge is -2.27. The summed E-state index contributed by atoms with van der Waals surface area (Å²) in [5.41, 5.74) is -0.175. The second-order valence-electron chi connectivity index (χ2n) is 3.45. The number of hydrogen-bond donors (Lipinski definition) is 1. The van der Waals surface area contributed by atoms with Crippen molar-refractivity contribution in [1.29, 1.82) is 0 Å². The van der Waals surface area contributed by atoms with E-state index in [-0.39, 0.29) is 18.4 Å². The van der Waals surface area contributed by atoms with Gasteiger partial charge in [0.25, 0.3) is 0 Å². The monoisotopic (exact) mass is 215 g/mol. The Kier molecular flexibility index (Phi) is 2.17. The molecule has 1 aliphatic heterocycles. The van der Waals surface area contributed by atoms with Crippen LogP contribution in [0.4, 0.5) is 13.2 Å². The molecule has 1 atom stereocenters. The number of alkyl halides is 3. The number of carbonyl (C=O) groups excluding carboxylic acids is 1. The second kappa shape index (κ2) is 3.25. The molecule has 1 unspecified atom stereocenters. The third kappa shape index (κ3) is 1.95. The van der Waals surface area contributed by atoms with Crippen molar-refractivity contribution in [2.24, 2.45) is 0 Å². The van der Waals surface area contributed by atoms with E-state index in [0.29, 0.717) is 5.56 Å². The molecule has 1 fully saturated rings. The molecule has 0 spiro atoms. The topological polar surface area (TPSA) is 29.1 Å². The highest BCUT2D eigenvalue weighted by atomic mass is 19.4. The van der Waals surface area contributed by atoms with Crippen molar-refractivity contribution in [1.82, 2.24) is 5.32 Å². The molecule has 5 heteroatoms. The fourth-order valence-corrected chi connectivity index (χ4v) is 1.49. The highest BCUT2D eigenvalue weighted by molar-refractivity contribution is 5.83. The molecule has 0 bridgehead atoms. The molecule has 1 aromatic carbocycles. The molecule has 15 heavy (non-hydrogen) atoms. The minimum absolute atomic E-state index is 0.127. The molecule has 1 aliphatic rings. The Bertz CT molecular complexity index is 392. The van der Waals surface area contributed by atoms with Crippen LogP contribution in [-0.2, 0) is 11.0 Å². The number of halogens is 3. The maximum Gasteiger partial charge on any atom is 0.416 e. The average molecular weight is 215 g/mol. The Morgan fingerprint density at radius 2 is 2.00 bits per heavy atom. The Balaban J connectivity index is 2.23. The van der Waals surface area contributed by atoms with E-state index >= 15 is 0 Å². The van der Waals surface area contributed by atoms with Crippen LogP contribution in [0.3, 0.4) is 0 Å². The van der Waals surface area contributed by atoms with Gasteiger partial charge in [-0.2, -0.15) is 13.2 Å². The Morgan fingerprint density at radius 1 is 1.33 bits per heavy atom. The predicted molar refractivity (Wildman–Crippen MR) is 46.9 cm³/mol. The first-order valence-corrected chi connectivity index (χ1v) is 4.43. The summed E-state index contributed by atoms with van der Waals surface area (Å²) >= 11 is 0. The third-order valence-corrected chi connectivity index (χ3v) is 2.34. The highest BCUT2D eigenvalue weighted by Crippen LogP contribution is 2.32. The molecule has 1 heterocycles. The highest BCUT2D eigenvalue weighted by Gasteiger charge is 2.32. The van der Waals surface area contributed by atoms with Crippen molar-refractivity contribution in [3.63, 3.8) is 0 Å². The molecule has 1 amide bonds. The zero-order valence-corrected chi connectivity index (χ0v) is 7.64. The largest absolute Gasteiger partial charge is 0.416 e. The van der Waals surface area contributed by atoms with E-state index in [1.807, 2.05) is 0 Å². The number of amides is 1. The molecule has 0 saturated carbocycles. The van der Waals surface area contributed by atoms with Crippen molar-refractivity contribution >= 4 is 5.91 Å². The predicted octanol–water partition coefficient (Wildman–Crippen LogP) is 2.27. The minimum Gasteiger partial charge on any atom is -0.349 e. The molecule has 1 saturated heterocycles. The van der Waals surface area contributed by atoms with Gasteiger partial charge in [-0.25, -0.2) is 0 Å². The fourth-order valence-electron chi connectivity index (χ4n) is 1.49. The van der Waals surface area contributed by atoms with Crippen molar-refractivity contribution in [3.8, 4) is 0 Å². The zero-order valence-electron chi connectivity index (χ0n) is 7.64. The number of hydrogen-bond acceptors (Lipinski definition) is 1. The summed E-state index contributed by atoms with van der Waals surface area (Å²) in [5.74, 6) is -0.127. The van der Waals surface area contributed by atoms with Gasteiger partial charge in [0, 0.05) is 0 Å². The van der Waals surface area contributed by atoms with Gasteiger partial charge >= 0.3 is 6.18 Å². The van der Waals surface area contributed by atoms with E-state index in [0.717, 1.165) is 12.1 Å². The first kappa shape index (κ1) is 10.0. The molecule has 0 radical (unpaired) electrons. The Morgan fingerprint density at radius 3 is 2.53 bits per heavy atom. The van der Waals surface area contributed by atoms with Gasteiger partial charge in [-0.05, 0) is 17.7 Å². The van der Waals surface area contributed by atoms with E-state index in [9.17, 15) is 18.0 Å². The normalized spacial score (nSPS) is 20.7. The molecule has 2 rings (SSSR count). The first-order valence-electron chi connectivity index (χ1n) is 4.43. The van der Waals surface area contributed by atoms with Gasteiger partial charge in [-0.1, -0.05) is 12.1 Å². The maximum atomic E-state index is 12.3. The summed E-state index contributed by atoms with van der Waals surface area (Å²) in [4.78, 5) is 10.6. The molecular formula is C10H8F3NO. The Labute approximate surface area is 84.1 Å². The first-order chi connectivity index (χ1) is 6.97. The van der Waals surface area contributed by atoms with E-state index in [2.05, 4.69) is 5.32 Å². The van der Waals surface area contributed by atoms with E-state index in [1.165, 1.54) is 6.07 Å². The van der Waals surface area contributed by atoms with Crippen molar-refractivity contribution in [3.05, 3.63) is 35.4 Å². The van der Waals surface area contributed by atoms with Gasteiger partial charge in [-0.15, -0.1) is 0 Å². The number of β-lactam (4-membered cyclic amide) rings is 1. The summed E-state index contributed by atoms with van der Waals surface area (Å²) in [6, 6.07) is 4.76. The zero-order chi connectivity index (χ0) is 11.1. The summed E-state index contributed by atoms with van der Waals surface area (Å²) in [5, 5.41) is 2.53. The van der Waals surface area contributed by atoms with Crippen LogP contribution in [0.25, 0.3) is 0 Å². The van der Waals surface area contributed by atoms with Gasteiger partial charge < -0.3 is 5.32 Å². The lowest BCUT2D eigenvalue weighted by atomic mass is 9.96. The summed E-state index contributed by atoms with van der Waals surface area (Å²) < 4.78 is 37.0. The second-order valence-corrected chi connectivity index (χ2v) is 3.45. The molecule has 1 N–H and O–H groups in total. The molecule has 1 aromatic rings. The van der Waals surface area contributed by atoms with Crippen LogP contribution in [-0.4, -0.2) is 5.91 Å². The number of benzene rings is 1. The number of nitrogens with one attached hydrogen (secondary N) is 1. The van der Waals surface area contributed by atoms with Crippen LogP contribution < -0.4 is 5.32 Å². The van der Waals surface area contributed by atoms with Crippen LogP contribution in [0.15, 0.2) is 24.3 Å². The van der Waals surface area contributed by atoms with Gasteiger partial charge in [0.15, 0.2) is 0 Å². The van der Waals surface area contributed by atoms with Gasteiger partial charge in [-0.3, -0.25) is 4.79 Å². The van der Waals surface area contributed by atoms with Crippen LogP contribution in [0.5, 0.6) is 0 Å². The van der Waals surface area contributed by atoms with Gasteiger partial charge in [0.05, 0.1) is 18.0 Å². The molecule has 0 aliphatic carbocycles. The van der Waals surface area contributed by atoms with Gasteiger partial charge in [0.1, 0.15) is 0 Å². The summed E-state index contributed by atoms with van der Waals surface area (Å²) in [6.07, 6.45) is -4.06. The standard InChI is InChI=1S/C10H8F3NO/c11-10(12,13)7-3-1-2-6(4-7)8-5-9(15)14-8/h1-4,8H,5H2,(H,14,15). The molecule has 80 valence electrons. The van der Waals surface area contributed by atoms with Crippen LogP contribution in [0, 0.1) is 0 Å². The number of rotatable bonds is 1. The lowest BCUT2D eigenvalue weighted by Crippen LogP contribution is -2.41. The van der Waals surface area contributed by atoms with Crippen molar-refractivity contribution in [2.45, 2.75) is 18.6 Å². The van der Waals surface area contributed by atoms with Crippen LogP contribution in [0.1, 0.15) is 23.6 Å². The summed E-state index contributed by atoms with van der Waals surface area (Å²) in [6.45, 7) is 0. The Hall–Kier alpha value is -1.52. The lowest BCUT2D eigenvalue weighted by molar-refractivity contribution is -0.137. The van der Waals surface area contributed by atoms with E-state index in [4.69, 9.17) is 0 Å². The van der Waals surface area contributed by atoms with Crippen LogP contribution in [0.2, 0.25) is 0 Å². The van der Waals surface area contributed by atoms with E-state index < -0.39 is 11.7 Å². The summed E-state index contributed by atoms with van der Waals surface area (Å²) in [7, 11) is 0. The van der Waals surface area contributed by atoms with Crippen molar-refractivity contribution in [2.75, 3.05) is 0 Å². The number of carbonyl (C=O) groups is 1. The fraction of sp³-hybridized carbons (Fsp3) is 0.300. The van der Waals surface area contributed by atoms with Crippen LogP contribution >= 0.6 is 0 Å². The van der Waals surface area contributed by atoms with Crippen molar-refractivity contribution < 1.29 is 18.0 Å². The third-order valence-electron chi connectivity index (χ3n) is 2.34. The molecule has 0 aromatic heterocycles. The maximum absolute atomic E-state index is 12.3. The van der Waals surface area contributed by atoms with Gasteiger partial charge in [0.2, 0.25) is 5.91 Å². The van der Waals surface area contributed by atoms with E-state index in [1.54, 1.807) is 6.07 Å². The minimum atomic E-state index is -4.33. The smallest absolute Gasteiger partial charge is 0.349 e. The molecule has 2 nitrogen and oxygen atoms in total. The SMILES string of the molecule is O=C1CC(c2cccc(C(F)(F)F)c2)N1. The molecular weight excluding hydrogens is 207 g/mol. The quantitative estimate of drug-likeness (QED) is 0.715. The average Bonchev–Trinajstić information content (AvgIpc) is 2.12.